The average Bonchev–Trinajstić information content (AvgIpc) is 3.30. The highest BCUT2D eigenvalue weighted by Gasteiger charge is 2.24. The Hall–Kier alpha value is -1.77. The summed E-state index contributed by atoms with van der Waals surface area (Å²) in [6.45, 7) is 8.09. The molecular formula is C19H26N6OS. The Morgan fingerprint density at radius 2 is 2.22 bits per heavy atom. The first kappa shape index (κ1) is 17.3. The van der Waals surface area contributed by atoms with Gasteiger partial charge in [-0.1, -0.05) is 6.92 Å². The standard InChI is InChI=1S/C19H26N6OS/c1-13-3-4-15-14(11-13)16-17-21-12-22-25(17)19(23-18(16)27-15)20-5-2-6-24-7-9-26-10-8-24/h12-13H,2-11H2,1H3,(H,20,23). The first-order chi connectivity index (χ1) is 13.3. The highest BCUT2D eigenvalue weighted by atomic mass is 32.1. The molecular weight excluding hydrogens is 360 g/mol. The molecule has 0 amide bonds. The van der Waals surface area contributed by atoms with Crippen LogP contribution in [0, 0.1) is 5.92 Å². The van der Waals surface area contributed by atoms with Gasteiger partial charge in [-0.2, -0.15) is 9.61 Å². The van der Waals surface area contributed by atoms with E-state index in [0.717, 1.165) is 74.6 Å². The zero-order valence-corrected chi connectivity index (χ0v) is 16.6. The van der Waals surface area contributed by atoms with Crippen molar-refractivity contribution >= 4 is 33.1 Å². The van der Waals surface area contributed by atoms with E-state index < -0.39 is 0 Å². The van der Waals surface area contributed by atoms with Crippen LogP contribution in [0.25, 0.3) is 15.9 Å². The molecule has 1 aliphatic heterocycles. The third-order valence-corrected chi connectivity index (χ3v) is 6.89. The summed E-state index contributed by atoms with van der Waals surface area (Å²) in [5.74, 6) is 1.54. The fraction of sp³-hybridized carbons (Fsp3) is 0.632. The highest BCUT2D eigenvalue weighted by molar-refractivity contribution is 7.19. The van der Waals surface area contributed by atoms with Gasteiger partial charge in [0.1, 0.15) is 11.2 Å². The quantitative estimate of drug-likeness (QED) is 0.680. The lowest BCUT2D eigenvalue weighted by Gasteiger charge is -2.26. The number of rotatable bonds is 5. The monoisotopic (exact) mass is 386 g/mol. The van der Waals surface area contributed by atoms with E-state index in [1.54, 1.807) is 6.33 Å². The topological polar surface area (TPSA) is 67.6 Å². The second-order valence-electron chi connectivity index (χ2n) is 7.70. The van der Waals surface area contributed by atoms with Gasteiger partial charge in [-0.05, 0) is 43.7 Å². The number of hydrogen-bond acceptors (Lipinski definition) is 7. The van der Waals surface area contributed by atoms with Crippen molar-refractivity contribution in [3.05, 3.63) is 16.8 Å². The van der Waals surface area contributed by atoms with Crippen LogP contribution in [0.5, 0.6) is 0 Å². The largest absolute Gasteiger partial charge is 0.379 e. The molecule has 3 aromatic heterocycles. The van der Waals surface area contributed by atoms with Crippen LogP contribution in [0.4, 0.5) is 5.95 Å². The molecule has 3 aromatic rings. The van der Waals surface area contributed by atoms with Crippen molar-refractivity contribution < 1.29 is 4.74 Å². The molecule has 0 radical (unpaired) electrons. The second-order valence-corrected chi connectivity index (χ2v) is 8.78. The Morgan fingerprint density at radius 3 is 3.11 bits per heavy atom. The first-order valence-corrected chi connectivity index (χ1v) is 10.8. The molecule has 144 valence electrons. The number of hydrogen-bond donors (Lipinski definition) is 1. The van der Waals surface area contributed by atoms with Crippen molar-refractivity contribution in [1.29, 1.82) is 0 Å². The van der Waals surface area contributed by atoms with E-state index in [9.17, 15) is 0 Å². The minimum absolute atomic E-state index is 0.733. The van der Waals surface area contributed by atoms with Crippen LogP contribution in [0.15, 0.2) is 6.33 Å². The van der Waals surface area contributed by atoms with Gasteiger partial charge in [0.15, 0.2) is 5.65 Å². The summed E-state index contributed by atoms with van der Waals surface area (Å²) >= 11 is 1.84. The van der Waals surface area contributed by atoms with Crippen molar-refractivity contribution in [2.75, 3.05) is 44.7 Å². The Bertz CT molecular complexity index is 945. The van der Waals surface area contributed by atoms with Gasteiger partial charge in [0.25, 0.3) is 0 Å². The van der Waals surface area contributed by atoms with Crippen LogP contribution in [0.3, 0.4) is 0 Å². The number of fused-ring (bicyclic) bond motifs is 5. The van der Waals surface area contributed by atoms with Crippen LogP contribution in [-0.4, -0.2) is 63.9 Å². The van der Waals surface area contributed by atoms with E-state index in [2.05, 4.69) is 27.2 Å². The molecule has 1 fully saturated rings. The molecule has 5 rings (SSSR count). The summed E-state index contributed by atoms with van der Waals surface area (Å²) in [5, 5.41) is 9.16. The molecule has 0 saturated carbocycles. The number of morpholine rings is 1. The van der Waals surface area contributed by atoms with Gasteiger partial charge < -0.3 is 10.1 Å². The van der Waals surface area contributed by atoms with Gasteiger partial charge in [-0.25, -0.2) is 9.97 Å². The average molecular weight is 387 g/mol. The number of anilines is 1. The van der Waals surface area contributed by atoms with Crippen LogP contribution in [0.2, 0.25) is 0 Å². The molecule has 1 saturated heterocycles. The smallest absolute Gasteiger partial charge is 0.227 e. The summed E-state index contributed by atoms with van der Waals surface area (Å²) in [7, 11) is 0. The number of nitrogens with one attached hydrogen (secondary N) is 1. The first-order valence-electron chi connectivity index (χ1n) is 9.97. The molecule has 0 bridgehead atoms. The zero-order chi connectivity index (χ0) is 18.2. The van der Waals surface area contributed by atoms with Crippen LogP contribution >= 0.6 is 11.3 Å². The summed E-state index contributed by atoms with van der Waals surface area (Å²) in [6.07, 6.45) is 6.29. The molecule has 27 heavy (non-hydrogen) atoms. The van der Waals surface area contributed by atoms with Crippen molar-refractivity contribution in [3.8, 4) is 0 Å². The molecule has 4 heterocycles. The molecule has 0 aromatic carbocycles. The lowest BCUT2D eigenvalue weighted by atomic mass is 9.89. The molecule has 2 aliphatic rings. The summed E-state index contributed by atoms with van der Waals surface area (Å²) in [6, 6.07) is 0. The molecule has 1 N–H and O–H groups in total. The van der Waals surface area contributed by atoms with Gasteiger partial charge in [-0.3, -0.25) is 4.90 Å². The van der Waals surface area contributed by atoms with Crippen LogP contribution in [-0.2, 0) is 17.6 Å². The van der Waals surface area contributed by atoms with Gasteiger partial charge in [-0.15, -0.1) is 11.3 Å². The highest BCUT2D eigenvalue weighted by Crippen LogP contribution is 2.39. The zero-order valence-electron chi connectivity index (χ0n) is 15.8. The molecule has 0 spiro atoms. The predicted molar refractivity (Wildman–Crippen MR) is 108 cm³/mol. The van der Waals surface area contributed by atoms with Gasteiger partial charge in [0, 0.05) is 24.5 Å². The van der Waals surface area contributed by atoms with Crippen molar-refractivity contribution in [1.82, 2.24) is 24.5 Å². The number of aryl methyl sites for hydroxylation is 1. The minimum atomic E-state index is 0.733. The lowest BCUT2D eigenvalue weighted by molar-refractivity contribution is 0.0378. The van der Waals surface area contributed by atoms with Crippen LogP contribution < -0.4 is 5.32 Å². The third kappa shape index (κ3) is 3.30. The number of thiophene rings is 1. The van der Waals surface area contributed by atoms with Crippen molar-refractivity contribution in [3.63, 3.8) is 0 Å². The maximum Gasteiger partial charge on any atom is 0.227 e. The van der Waals surface area contributed by atoms with E-state index in [-0.39, 0.29) is 0 Å². The maximum absolute atomic E-state index is 5.41. The second kappa shape index (κ2) is 7.33. The van der Waals surface area contributed by atoms with E-state index in [1.165, 1.54) is 28.7 Å². The number of ether oxygens (including phenoxy) is 1. The van der Waals surface area contributed by atoms with E-state index in [4.69, 9.17) is 9.72 Å². The van der Waals surface area contributed by atoms with Gasteiger partial charge in [0.2, 0.25) is 5.95 Å². The summed E-state index contributed by atoms with van der Waals surface area (Å²) in [4.78, 5) is 14.5. The van der Waals surface area contributed by atoms with Gasteiger partial charge in [0.05, 0.1) is 18.6 Å². The van der Waals surface area contributed by atoms with E-state index in [1.807, 2.05) is 15.9 Å². The molecule has 8 heteroatoms. The van der Waals surface area contributed by atoms with E-state index >= 15 is 0 Å². The summed E-state index contributed by atoms with van der Waals surface area (Å²) in [5.41, 5.74) is 2.40. The Kier molecular flexibility index (Phi) is 4.71. The molecule has 1 unspecified atom stereocenters. The van der Waals surface area contributed by atoms with Crippen molar-refractivity contribution in [2.45, 2.75) is 32.6 Å². The molecule has 1 aliphatic carbocycles. The lowest BCUT2D eigenvalue weighted by Crippen LogP contribution is -2.37. The Morgan fingerprint density at radius 1 is 1.33 bits per heavy atom. The molecule has 1 atom stereocenters. The van der Waals surface area contributed by atoms with Crippen LogP contribution in [0.1, 0.15) is 30.2 Å². The maximum atomic E-state index is 5.41. The van der Waals surface area contributed by atoms with Crippen molar-refractivity contribution in [2.24, 2.45) is 5.92 Å². The number of nitrogens with zero attached hydrogens (tertiary/aromatic N) is 5. The Labute approximate surface area is 162 Å². The SMILES string of the molecule is CC1CCc2sc3nc(NCCCN4CCOCC4)n4ncnc4c3c2C1. The third-order valence-electron chi connectivity index (χ3n) is 5.71. The fourth-order valence-corrected chi connectivity index (χ4v) is 5.42. The Balaban J connectivity index is 1.37. The van der Waals surface area contributed by atoms with E-state index in [0.29, 0.717) is 0 Å². The fourth-order valence-electron chi connectivity index (χ4n) is 4.21. The minimum Gasteiger partial charge on any atom is -0.379 e. The normalized spacial score (nSPS) is 21.0. The number of aromatic nitrogens is 4. The molecule has 7 nitrogen and oxygen atoms in total. The van der Waals surface area contributed by atoms with Gasteiger partial charge >= 0.3 is 0 Å². The summed E-state index contributed by atoms with van der Waals surface area (Å²) < 4.78 is 7.29. The predicted octanol–water partition coefficient (Wildman–Crippen LogP) is 2.60.